The molecule has 1 atom stereocenters. The Kier molecular flexibility index (Phi) is 9.96. The summed E-state index contributed by atoms with van der Waals surface area (Å²) in [4.78, 5) is 21.4. The first-order valence-electron chi connectivity index (χ1n) is 6.34. The average Bonchev–Trinajstić information content (AvgIpc) is 2.30. The van der Waals surface area contributed by atoms with Gasteiger partial charge in [-0.2, -0.15) is 0 Å². The van der Waals surface area contributed by atoms with Gasteiger partial charge >= 0.3 is 11.9 Å². The molecule has 0 radical (unpaired) electrons. The van der Waals surface area contributed by atoms with Gasteiger partial charge in [0.15, 0.2) is 0 Å². The van der Waals surface area contributed by atoms with Gasteiger partial charge in [0, 0.05) is 6.92 Å². The highest BCUT2D eigenvalue weighted by atomic mass is 16.5. The van der Waals surface area contributed by atoms with Crippen LogP contribution in [0.1, 0.15) is 39.5 Å². The van der Waals surface area contributed by atoms with E-state index in [1.165, 1.54) is 6.92 Å². The second kappa shape index (κ2) is 10.8. The summed E-state index contributed by atoms with van der Waals surface area (Å²) in [6.45, 7) is 4.43. The molecule has 104 valence electrons. The molecule has 0 saturated heterocycles. The lowest BCUT2D eigenvalue weighted by atomic mass is 10.2. The number of carboxylic acid groups (broad SMARTS) is 1. The summed E-state index contributed by atoms with van der Waals surface area (Å²) in [5, 5.41) is 11.9. The van der Waals surface area contributed by atoms with Crippen molar-refractivity contribution in [1.29, 1.82) is 0 Å². The predicted octanol–water partition coefficient (Wildman–Crippen LogP) is 1.73. The van der Waals surface area contributed by atoms with Gasteiger partial charge in [-0.05, 0) is 19.4 Å². The second-order valence-electron chi connectivity index (χ2n) is 4.03. The minimum atomic E-state index is -0.893. The van der Waals surface area contributed by atoms with Crippen LogP contribution in [-0.4, -0.2) is 36.2 Å². The fourth-order valence-corrected chi connectivity index (χ4v) is 1.37. The van der Waals surface area contributed by atoms with Crippen LogP contribution in [0.25, 0.3) is 0 Å². The average molecular weight is 257 g/mol. The monoisotopic (exact) mass is 257 g/mol. The number of nitrogens with one attached hydrogen (secondary N) is 1. The summed E-state index contributed by atoms with van der Waals surface area (Å²) in [6, 6.07) is -0.667. The van der Waals surface area contributed by atoms with E-state index < -0.39 is 12.0 Å². The van der Waals surface area contributed by atoms with E-state index in [2.05, 4.69) is 12.2 Å². The van der Waals surface area contributed by atoms with E-state index in [1.54, 1.807) is 12.2 Å². The molecule has 0 aliphatic carbocycles. The molecule has 0 aromatic rings. The third-order valence-corrected chi connectivity index (χ3v) is 2.33. The van der Waals surface area contributed by atoms with Crippen molar-refractivity contribution in [3.05, 3.63) is 12.2 Å². The largest absolute Gasteiger partial charge is 0.480 e. The highest BCUT2D eigenvalue weighted by molar-refractivity contribution is 5.75. The zero-order valence-electron chi connectivity index (χ0n) is 11.1. The van der Waals surface area contributed by atoms with Crippen LogP contribution < -0.4 is 5.32 Å². The van der Waals surface area contributed by atoms with Gasteiger partial charge in [-0.15, -0.1) is 0 Å². The van der Waals surface area contributed by atoms with Crippen molar-refractivity contribution < 1.29 is 19.4 Å². The molecule has 0 saturated carbocycles. The molecule has 5 heteroatoms. The smallest absolute Gasteiger partial charge is 0.324 e. The molecule has 18 heavy (non-hydrogen) atoms. The van der Waals surface area contributed by atoms with Gasteiger partial charge in [0.1, 0.15) is 6.04 Å². The molecule has 1 unspecified atom stereocenters. The molecule has 0 aliphatic rings. The minimum absolute atomic E-state index is 0.286. The van der Waals surface area contributed by atoms with Crippen LogP contribution in [0.4, 0.5) is 0 Å². The normalized spacial score (nSPS) is 12.6. The first-order valence-corrected chi connectivity index (χ1v) is 6.34. The lowest BCUT2D eigenvalue weighted by molar-refractivity contribution is -0.141. The second-order valence-corrected chi connectivity index (χ2v) is 4.03. The number of aliphatic carboxylic acids is 1. The van der Waals surface area contributed by atoms with Crippen LogP contribution >= 0.6 is 0 Å². The van der Waals surface area contributed by atoms with Crippen molar-refractivity contribution in [2.24, 2.45) is 0 Å². The van der Waals surface area contributed by atoms with Gasteiger partial charge in [-0.1, -0.05) is 31.9 Å². The fourth-order valence-electron chi connectivity index (χ4n) is 1.37. The van der Waals surface area contributed by atoms with E-state index in [9.17, 15) is 9.59 Å². The Morgan fingerprint density at radius 3 is 2.67 bits per heavy atom. The van der Waals surface area contributed by atoms with Gasteiger partial charge in [0.2, 0.25) is 0 Å². The van der Waals surface area contributed by atoms with Crippen LogP contribution in [0.2, 0.25) is 0 Å². The van der Waals surface area contributed by atoms with Crippen LogP contribution in [-0.2, 0) is 14.3 Å². The first kappa shape index (κ1) is 16.6. The topological polar surface area (TPSA) is 75.6 Å². The maximum absolute atomic E-state index is 10.9. The molecule has 0 heterocycles. The third kappa shape index (κ3) is 9.84. The van der Waals surface area contributed by atoms with Crippen LogP contribution in [0, 0.1) is 0 Å². The molecule has 0 amide bonds. The van der Waals surface area contributed by atoms with Gasteiger partial charge < -0.3 is 15.2 Å². The van der Waals surface area contributed by atoms with Crippen molar-refractivity contribution in [1.82, 2.24) is 5.32 Å². The number of hydrogen-bond acceptors (Lipinski definition) is 4. The number of carboxylic acids is 1. The van der Waals surface area contributed by atoms with Crippen LogP contribution in [0.15, 0.2) is 12.2 Å². The van der Waals surface area contributed by atoms with E-state index in [-0.39, 0.29) is 12.6 Å². The highest BCUT2D eigenvalue weighted by Crippen LogP contribution is 1.95. The molecule has 0 aliphatic heterocycles. The molecule has 2 N–H and O–H groups in total. The molecule has 0 aromatic heterocycles. The lowest BCUT2D eigenvalue weighted by Crippen LogP contribution is -2.35. The number of rotatable bonds is 10. The molecular formula is C13H23NO4. The predicted molar refractivity (Wildman–Crippen MR) is 69.3 cm³/mol. The first-order chi connectivity index (χ1) is 8.57. The van der Waals surface area contributed by atoms with Crippen LogP contribution in [0.5, 0.6) is 0 Å². The van der Waals surface area contributed by atoms with Gasteiger partial charge in [-0.25, -0.2) is 0 Å². The summed E-state index contributed by atoms with van der Waals surface area (Å²) >= 11 is 0. The van der Waals surface area contributed by atoms with E-state index in [1.807, 2.05) is 0 Å². The van der Waals surface area contributed by atoms with Crippen molar-refractivity contribution in [3.8, 4) is 0 Å². The summed E-state index contributed by atoms with van der Waals surface area (Å²) in [7, 11) is 0. The molecule has 5 nitrogen and oxygen atoms in total. The van der Waals surface area contributed by atoms with Crippen molar-refractivity contribution in [2.45, 2.75) is 45.6 Å². The Hall–Kier alpha value is -1.36. The van der Waals surface area contributed by atoms with E-state index >= 15 is 0 Å². The Bertz CT molecular complexity index is 276. The standard InChI is InChI=1S/C13H23NO4/c1-3-4-6-9-14-12(13(16)17)8-5-7-10-18-11(2)15/h5,8,12,14H,3-4,6-7,9-10H2,1-2H3,(H,16,17). The zero-order valence-corrected chi connectivity index (χ0v) is 11.1. The Labute approximate surface area is 108 Å². The number of unbranched alkanes of at least 4 members (excludes halogenated alkanes) is 2. The Balaban J connectivity index is 3.84. The molecular weight excluding hydrogens is 234 g/mol. The van der Waals surface area contributed by atoms with E-state index in [0.29, 0.717) is 13.0 Å². The Morgan fingerprint density at radius 1 is 1.39 bits per heavy atom. The molecule has 0 aromatic carbocycles. The van der Waals surface area contributed by atoms with Crippen molar-refractivity contribution in [3.63, 3.8) is 0 Å². The van der Waals surface area contributed by atoms with E-state index in [0.717, 1.165) is 19.3 Å². The highest BCUT2D eigenvalue weighted by Gasteiger charge is 2.11. The SMILES string of the molecule is CCCCCNC(C=CCCOC(C)=O)C(=O)O. The van der Waals surface area contributed by atoms with Gasteiger partial charge in [-0.3, -0.25) is 9.59 Å². The maximum Gasteiger partial charge on any atom is 0.324 e. The van der Waals surface area contributed by atoms with Gasteiger partial charge in [0.25, 0.3) is 0 Å². The molecule has 0 bridgehead atoms. The summed E-state index contributed by atoms with van der Waals surface area (Å²) in [6.07, 6.45) is 7.01. The zero-order chi connectivity index (χ0) is 13.8. The number of hydrogen-bond donors (Lipinski definition) is 2. The maximum atomic E-state index is 10.9. The number of esters is 1. The summed E-state index contributed by atoms with van der Waals surface area (Å²) in [5.74, 6) is -1.22. The van der Waals surface area contributed by atoms with Gasteiger partial charge in [0.05, 0.1) is 6.61 Å². The van der Waals surface area contributed by atoms with Crippen LogP contribution in [0.3, 0.4) is 0 Å². The van der Waals surface area contributed by atoms with Crippen molar-refractivity contribution in [2.75, 3.05) is 13.2 Å². The quantitative estimate of drug-likeness (QED) is 0.354. The number of carbonyl (C=O) groups is 2. The Morgan fingerprint density at radius 2 is 2.11 bits per heavy atom. The molecule has 0 spiro atoms. The lowest BCUT2D eigenvalue weighted by Gasteiger charge is -2.09. The molecule has 0 rings (SSSR count). The van der Waals surface area contributed by atoms with Crippen molar-refractivity contribution >= 4 is 11.9 Å². The fraction of sp³-hybridized carbons (Fsp3) is 0.692. The minimum Gasteiger partial charge on any atom is -0.480 e. The summed E-state index contributed by atoms with van der Waals surface area (Å²) < 4.78 is 4.74. The summed E-state index contributed by atoms with van der Waals surface area (Å²) in [5.41, 5.74) is 0. The number of ether oxygens (including phenoxy) is 1. The third-order valence-electron chi connectivity index (χ3n) is 2.33. The number of carbonyl (C=O) groups excluding carboxylic acids is 1. The van der Waals surface area contributed by atoms with E-state index in [4.69, 9.17) is 9.84 Å². The molecule has 0 fully saturated rings.